The first kappa shape index (κ1) is 55.7. The lowest BCUT2D eigenvalue weighted by Crippen LogP contribution is -2.16. The van der Waals surface area contributed by atoms with Crippen LogP contribution in [0.5, 0.6) is 0 Å². The molecule has 1 N–H and O–H groups in total. The van der Waals surface area contributed by atoms with Crippen LogP contribution in [-0.4, -0.2) is 68.0 Å². The second-order valence-corrected chi connectivity index (χ2v) is 13.8. The molecule has 0 saturated heterocycles. The van der Waals surface area contributed by atoms with Crippen molar-refractivity contribution >= 4 is 35.2 Å². The molecule has 2 atom stereocenters. The van der Waals surface area contributed by atoms with Crippen LogP contribution in [0.3, 0.4) is 0 Å². The molecule has 12 heteroatoms. The number of unbranched alkanes of at least 4 members (excludes halogenated alkanes) is 4. The molecule has 0 radical (unpaired) electrons. The van der Waals surface area contributed by atoms with Crippen LogP contribution in [-0.2, 0) is 33.5 Å². The molecule has 1 saturated carbocycles. The maximum Gasteiger partial charge on any atom is 0.302 e. The van der Waals surface area contributed by atoms with Gasteiger partial charge < -0.3 is 24.3 Å². The van der Waals surface area contributed by atoms with E-state index in [1.807, 2.05) is 98.7 Å². The third-order valence-corrected chi connectivity index (χ3v) is 8.26. The molecule has 3 aromatic rings. The summed E-state index contributed by atoms with van der Waals surface area (Å²) in [4.78, 5) is 68.9. The number of carbonyl (C=O) groups is 5. The largest absolute Gasteiger partial charge is 0.481 e. The van der Waals surface area contributed by atoms with Crippen LogP contribution in [0.1, 0.15) is 146 Å². The number of nitrogens with zero attached hydrogens (tertiary/aromatic N) is 2. The highest BCUT2D eigenvalue weighted by molar-refractivity contribution is 6.12. The predicted molar refractivity (Wildman–Crippen MR) is 236 cm³/mol. The summed E-state index contributed by atoms with van der Waals surface area (Å²) < 4.78 is 9.05. The van der Waals surface area contributed by atoms with Crippen molar-refractivity contribution in [3.63, 3.8) is 0 Å². The first-order chi connectivity index (χ1) is 28.2. The van der Waals surface area contributed by atoms with E-state index in [-0.39, 0.29) is 29.7 Å². The normalized spacial score (nSPS) is 12.7. The lowest BCUT2D eigenvalue weighted by molar-refractivity contribution is -0.141. The molecule has 2 unspecified atom stereocenters. The fourth-order valence-electron chi connectivity index (χ4n) is 5.37. The van der Waals surface area contributed by atoms with Crippen LogP contribution < -0.4 is 4.90 Å². The SMILES string of the molecule is CC(=O)O.CCCCCCC(C)ON=O.CCCCOC(C)=O.CCOC(C)=O.CN(C)c1ccccc1C(=O)c1ccccc1.O=C1CCCCC1c1ccccc1. The lowest BCUT2D eigenvalue weighted by atomic mass is 9.83. The Balaban J connectivity index is 0. The van der Waals surface area contributed by atoms with Gasteiger partial charge in [0.25, 0.3) is 5.97 Å². The number of Topliss-reactive ketones (excluding diaryl/α,β-unsaturated/α-hetero) is 1. The zero-order chi connectivity index (χ0) is 44.8. The van der Waals surface area contributed by atoms with E-state index >= 15 is 0 Å². The van der Waals surface area contributed by atoms with Crippen LogP contribution in [0.25, 0.3) is 0 Å². The number of benzene rings is 3. The fraction of sp³-hybridized carbons (Fsp3) is 0.511. The zero-order valence-corrected chi connectivity index (χ0v) is 36.9. The van der Waals surface area contributed by atoms with Crippen LogP contribution in [0, 0.1) is 4.91 Å². The number of anilines is 1. The summed E-state index contributed by atoms with van der Waals surface area (Å²) in [6, 6.07) is 27.2. The lowest BCUT2D eigenvalue weighted by Gasteiger charge is -2.20. The van der Waals surface area contributed by atoms with Gasteiger partial charge in [-0.2, -0.15) is 0 Å². The molecule has 12 nitrogen and oxygen atoms in total. The first-order valence-electron chi connectivity index (χ1n) is 20.5. The Bertz CT molecular complexity index is 1560. The van der Waals surface area contributed by atoms with E-state index in [0.29, 0.717) is 19.0 Å². The van der Waals surface area contributed by atoms with Gasteiger partial charge in [0.2, 0.25) is 0 Å². The number of ketones is 2. The van der Waals surface area contributed by atoms with Crippen molar-refractivity contribution in [3.05, 3.63) is 107 Å². The summed E-state index contributed by atoms with van der Waals surface area (Å²) in [5, 5.41) is 9.80. The molecular formula is C47H70N2O10. The summed E-state index contributed by atoms with van der Waals surface area (Å²) in [7, 11) is 3.88. The molecular weight excluding hydrogens is 753 g/mol. The molecule has 0 aliphatic heterocycles. The number of carboxylic acid groups (broad SMARTS) is 1. The molecule has 328 valence electrons. The van der Waals surface area contributed by atoms with Crippen molar-refractivity contribution in [2.75, 3.05) is 32.2 Å². The highest BCUT2D eigenvalue weighted by atomic mass is 16.7. The van der Waals surface area contributed by atoms with Crippen molar-refractivity contribution in [2.45, 2.75) is 131 Å². The van der Waals surface area contributed by atoms with Gasteiger partial charge >= 0.3 is 11.9 Å². The Morgan fingerprint density at radius 3 is 1.78 bits per heavy atom. The average Bonchev–Trinajstić information content (AvgIpc) is 3.21. The number of rotatable bonds is 15. The molecule has 1 aliphatic carbocycles. The summed E-state index contributed by atoms with van der Waals surface area (Å²) in [5.74, 6) is -0.543. The van der Waals surface area contributed by atoms with Gasteiger partial charge in [-0.05, 0) is 63.6 Å². The van der Waals surface area contributed by atoms with Crippen molar-refractivity contribution < 1.29 is 43.4 Å². The van der Waals surface area contributed by atoms with Crippen molar-refractivity contribution in [3.8, 4) is 0 Å². The van der Waals surface area contributed by atoms with Gasteiger partial charge in [0.05, 0.1) is 13.2 Å². The number of hydrogen-bond donors (Lipinski definition) is 1. The van der Waals surface area contributed by atoms with E-state index in [1.165, 1.54) is 45.1 Å². The maximum atomic E-state index is 12.3. The smallest absolute Gasteiger partial charge is 0.302 e. The minimum atomic E-state index is -0.833. The molecule has 4 rings (SSSR count). The third-order valence-electron chi connectivity index (χ3n) is 8.26. The van der Waals surface area contributed by atoms with Crippen LogP contribution >= 0.6 is 0 Å². The molecule has 0 bridgehead atoms. The van der Waals surface area contributed by atoms with Crippen LogP contribution in [0.15, 0.2) is 90.3 Å². The highest BCUT2D eigenvalue weighted by Crippen LogP contribution is 2.29. The Morgan fingerprint density at radius 2 is 1.31 bits per heavy atom. The monoisotopic (exact) mass is 823 g/mol. The molecule has 0 aromatic heterocycles. The molecule has 59 heavy (non-hydrogen) atoms. The first-order valence-corrected chi connectivity index (χ1v) is 20.5. The van der Waals surface area contributed by atoms with Crippen LogP contribution in [0.4, 0.5) is 5.69 Å². The Labute approximate surface area is 353 Å². The molecule has 3 aromatic carbocycles. The quantitative estimate of drug-likeness (QED) is 0.0509. The number of para-hydroxylation sites is 1. The van der Waals surface area contributed by atoms with Gasteiger partial charge in [-0.15, -0.1) is 4.91 Å². The standard InChI is InChI=1S/C15H15NO.C12H14O.C8H17NO2.C6H12O2.C4H8O2.C2H4O2/c1-16(2)14-11-7-6-10-13(14)15(17)12-8-4-3-5-9-12;13-12-9-5-4-8-11(12)10-6-2-1-3-7-10;1-3-4-5-6-7-8(2)11-9-10;1-3-4-5-8-6(2)7;1-3-6-4(2)5;1-2(3)4/h3-11H,1-2H3;1-3,6-7,11H,4-5,8-9H2;8H,3-7H2,1-2H3;3-5H2,1-2H3;3H2,1-2H3;1H3,(H,3,4). The van der Waals surface area contributed by atoms with Crippen molar-refractivity contribution in [1.82, 2.24) is 0 Å². The molecule has 0 spiro atoms. The summed E-state index contributed by atoms with van der Waals surface area (Å²) in [5.41, 5.74) is 3.61. The fourth-order valence-corrected chi connectivity index (χ4v) is 5.37. The van der Waals surface area contributed by atoms with Gasteiger partial charge in [-0.3, -0.25) is 24.0 Å². The Kier molecular flexibility index (Phi) is 34.9. The zero-order valence-electron chi connectivity index (χ0n) is 36.9. The minimum Gasteiger partial charge on any atom is -0.481 e. The van der Waals surface area contributed by atoms with Gasteiger partial charge in [-0.1, -0.05) is 119 Å². The van der Waals surface area contributed by atoms with E-state index in [9.17, 15) is 24.1 Å². The van der Waals surface area contributed by atoms with E-state index in [0.717, 1.165) is 68.7 Å². The molecule has 1 fully saturated rings. The van der Waals surface area contributed by atoms with Gasteiger partial charge in [0.1, 0.15) is 11.9 Å². The van der Waals surface area contributed by atoms with Gasteiger partial charge in [0.15, 0.2) is 11.1 Å². The summed E-state index contributed by atoms with van der Waals surface area (Å²) in [6.07, 6.45) is 11.9. The average molecular weight is 823 g/mol. The molecule has 1 aliphatic rings. The second-order valence-electron chi connectivity index (χ2n) is 13.8. The highest BCUT2D eigenvalue weighted by Gasteiger charge is 2.23. The maximum absolute atomic E-state index is 12.3. The number of esters is 2. The Hall–Kier alpha value is -5.39. The topological polar surface area (TPSA) is 166 Å². The summed E-state index contributed by atoms with van der Waals surface area (Å²) >= 11 is 0. The number of carbonyl (C=O) groups excluding carboxylic acids is 4. The number of hydrogen-bond acceptors (Lipinski definition) is 11. The van der Waals surface area contributed by atoms with Gasteiger partial charge in [0, 0.05) is 64.0 Å². The van der Waals surface area contributed by atoms with E-state index in [2.05, 4.69) is 45.6 Å². The van der Waals surface area contributed by atoms with Crippen molar-refractivity contribution in [2.24, 2.45) is 5.34 Å². The molecule has 0 amide bonds. The van der Waals surface area contributed by atoms with E-state index in [4.69, 9.17) is 9.90 Å². The number of aliphatic carboxylic acids is 1. The van der Waals surface area contributed by atoms with Gasteiger partial charge in [-0.25, -0.2) is 0 Å². The number of carboxylic acids is 1. The van der Waals surface area contributed by atoms with Crippen molar-refractivity contribution in [1.29, 1.82) is 0 Å². The third kappa shape index (κ3) is 31.3. The predicted octanol–water partition coefficient (Wildman–Crippen LogP) is 11.0. The number of ether oxygens (including phenoxy) is 2. The minimum absolute atomic E-state index is 0.00986. The van der Waals surface area contributed by atoms with E-state index in [1.54, 1.807) is 6.92 Å². The summed E-state index contributed by atoms with van der Waals surface area (Å²) in [6.45, 7) is 12.8. The Morgan fingerprint density at radius 1 is 0.763 bits per heavy atom. The van der Waals surface area contributed by atoms with E-state index < -0.39 is 5.97 Å². The second kappa shape index (κ2) is 36.9. The molecule has 0 heterocycles. The van der Waals surface area contributed by atoms with Crippen LogP contribution in [0.2, 0.25) is 0 Å².